The quantitative estimate of drug-likeness (QED) is 0.693. The second-order valence-electron chi connectivity index (χ2n) is 4.45. The van der Waals surface area contributed by atoms with E-state index < -0.39 is 5.91 Å². The number of nitrogens with one attached hydrogen (secondary N) is 1. The van der Waals surface area contributed by atoms with Gasteiger partial charge in [-0.25, -0.2) is 4.98 Å². The molecule has 0 fully saturated rings. The van der Waals surface area contributed by atoms with Crippen LogP contribution in [0.1, 0.15) is 5.56 Å². The van der Waals surface area contributed by atoms with Crippen molar-refractivity contribution in [2.24, 2.45) is 0 Å². The van der Waals surface area contributed by atoms with E-state index in [-0.39, 0.29) is 12.4 Å². The Hall–Kier alpha value is -3.33. The number of hydrogen-bond donors (Lipinski definition) is 1. The van der Waals surface area contributed by atoms with E-state index in [1.165, 1.54) is 6.08 Å². The van der Waals surface area contributed by atoms with Crippen LogP contribution >= 0.6 is 0 Å². The van der Waals surface area contributed by atoms with Gasteiger partial charge in [-0.05, 0) is 35.9 Å². The van der Waals surface area contributed by atoms with Crippen molar-refractivity contribution >= 4 is 17.8 Å². The number of rotatable bonds is 3. The Morgan fingerprint density at radius 2 is 2.14 bits per heavy atom. The standard InChI is InChI=1S/C16H11N3O3/c17-9-12(16(20)19-15-3-1-2-6-18-15)7-11-4-5-13-14(8-11)22-10-21-13/h1-8H,10H2,(H,18,19,20)/b12-7+. The summed E-state index contributed by atoms with van der Waals surface area (Å²) < 4.78 is 10.5. The van der Waals surface area contributed by atoms with Crippen LogP contribution in [0.4, 0.5) is 5.82 Å². The zero-order chi connectivity index (χ0) is 15.4. The van der Waals surface area contributed by atoms with Crippen LogP contribution in [0.3, 0.4) is 0 Å². The molecule has 6 heteroatoms. The molecule has 1 aliphatic rings. The van der Waals surface area contributed by atoms with Crippen LogP contribution in [0.15, 0.2) is 48.2 Å². The minimum absolute atomic E-state index is 0.0236. The fourth-order valence-corrected chi connectivity index (χ4v) is 1.94. The number of fused-ring (bicyclic) bond motifs is 1. The molecule has 0 atom stereocenters. The number of amides is 1. The highest BCUT2D eigenvalue weighted by atomic mass is 16.7. The highest BCUT2D eigenvalue weighted by molar-refractivity contribution is 6.09. The predicted molar refractivity (Wildman–Crippen MR) is 79.0 cm³/mol. The smallest absolute Gasteiger partial charge is 0.267 e. The Balaban J connectivity index is 1.81. The molecule has 1 aromatic heterocycles. The number of pyridine rings is 1. The summed E-state index contributed by atoms with van der Waals surface area (Å²) in [7, 11) is 0. The Morgan fingerprint density at radius 3 is 2.91 bits per heavy atom. The Kier molecular flexibility index (Phi) is 3.70. The van der Waals surface area contributed by atoms with Crippen molar-refractivity contribution in [3.05, 3.63) is 53.7 Å². The van der Waals surface area contributed by atoms with Gasteiger partial charge in [-0.15, -0.1) is 0 Å². The number of nitriles is 1. The van der Waals surface area contributed by atoms with Crippen molar-refractivity contribution in [3.8, 4) is 17.6 Å². The topological polar surface area (TPSA) is 84.2 Å². The van der Waals surface area contributed by atoms with Crippen molar-refractivity contribution in [1.82, 2.24) is 4.98 Å². The summed E-state index contributed by atoms with van der Waals surface area (Å²) >= 11 is 0. The van der Waals surface area contributed by atoms with Crippen LogP contribution in [0, 0.1) is 11.3 Å². The van der Waals surface area contributed by atoms with Crippen molar-refractivity contribution in [2.45, 2.75) is 0 Å². The number of carbonyl (C=O) groups is 1. The molecule has 1 amide bonds. The number of anilines is 1. The summed E-state index contributed by atoms with van der Waals surface area (Å²) in [6, 6.07) is 12.2. The predicted octanol–water partition coefficient (Wildman–Crippen LogP) is 2.36. The summed E-state index contributed by atoms with van der Waals surface area (Å²) in [6.45, 7) is 0.174. The second-order valence-corrected chi connectivity index (χ2v) is 4.45. The zero-order valence-electron chi connectivity index (χ0n) is 11.4. The molecule has 0 saturated carbocycles. The van der Waals surface area contributed by atoms with Crippen LogP contribution in [-0.2, 0) is 4.79 Å². The zero-order valence-corrected chi connectivity index (χ0v) is 11.4. The highest BCUT2D eigenvalue weighted by Gasteiger charge is 2.14. The van der Waals surface area contributed by atoms with Crippen LogP contribution in [-0.4, -0.2) is 17.7 Å². The lowest BCUT2D eigenvalue weighted by molar-refractivity contribution is -0.112. The van der Waals surface area contributed by atoms with Crippen molar-refractivity contribution in [3.63, 3.8) is 0 Å². The first kappa shape index (κ1) is 13.6. The molecule has 0 unspecified atom stereocenters. The number of aromatic nitrogens is 1. The molecular formula is C16H11N3O3. The summed E-state index contributed by atoms with van der Waals surface area (Å²) in [5, 5.41) is 11.7. The van der Waals surface area contributed by atoms with Gasteiger partial charge in [-0.1, -0.05) is 12.1 Å². The van der Waals surface area contributed by atoms with Gasteiger partial charge in [-0.2, -0.15) is 5.26 Å². The Morgan fingerprint density at radius 1 is 1.27 bits per heavy atom. The van der Waals surface area contributed by atoms with E-state index in [4.69, 9.17) is 9.47 Å². The molecule has 0 saturated heterocycles. The van der Waals surface area contributed by atoms with Crippen LogP contribution in [0.5, 0.6) is 11.5 Å². The van der Waals surface area contributed by atoms with Crippen LogP contribution in [0.25, 0.3) is 6.08 Å². The van der Waals surface area contributed by atoms with Gasteiger partial charge in [0.25, 0.3) is 5.91 Å². The molecule has 108 valence electrons. The molecule has 0 bridgehead atoms. The molecule has 2 aromatic rings. The lowest BCUT2D eigenvalue weighted by Crippen LogP contribution is -2.14. The molecule has 22 heavy (non-hydrogen) atoms. The third kappa shape index (κ3) is 2.88. The maximum absolute atomic E-state index is 12.1. The van der Waals surface area contributed by atoms with E-state index >= 15 is 0 Å². The summed E-state index contributed by atoms with van der Waals surface area (Å²) in [6.07, 6.45) is 3.05. The van der Waals surface area contributed by atoms with Gasteiger partial charge in [0, 0.05) is 6.20 Å². The van der Waals surface area contributed by atoms with E-state index in [1.807, 2.05) is 6.07 Å². The van der Waals surface area contributed by atoms with Gasteiger partial charge >= 0.3 is 0 Å². The minimum Gasteiger partial charge on any atom is -0.454 e. The van der Waals surface area contributed by atoms with Crippen LogP contribution in [0.2, 0.25) is 0 Å². The molecule has 0 radical (unpaired) electrons. The Labute approximate surface area is 126 Å². The fraction of sp³-hybridized carbons (Fsp3) is 0.0625. The molecule has 2 heterocycles. The number of hydrogen-bond acceptors (Lipinski definition) is 5. The largest absolute Gasteiger partial charge is 0.454 e. The van der Waals surface area contributed by atoms with Crippen LogP contribution < -0.4 is 14.8 Å². The normalized spacial score (nSPS) is 12.6. The lowest BCUT2D eigenvalue weighted by Gasteiger charge is -2.03. The number of nitrogens with zero attached hydrogens (tertiary/aromatic N) is 2. The average molecular weight is 293 g/mol. The third-order valence-corrected chi connectivity index (χ3v) is 2.98. The summed E-state index contributed by atoms with van der Waals surface area (Å²) in [4.78, 5) is 16.1. The van der Waals surface area contributed by atoms with E-state index in [9.17, 15) is 10.1 Å². The van der Waals surface area contributed by atoms with Crippen molar-refractivity contribution in [2.75, 3.05) is 12.1 Å². The van der Waals surface area contributed by atoms with Gasteiger partial charge in [0.05, 0.1) is 0 Å². The van der Waals surface area contributed by atoms with Crippen molar-refractivity contribution in [1.29, 1.82) is 5.26 Å². The molecule has 1 aliphatic heterocycles. The van der Waals surface area contributed by atoms with E-state index in [0.29, 0.717) is 22.9 Å². The molecule has 1 aromatic carbocycles. The maximum Gasteiger partial charge on any atom is 0.267 e. The number of benzene rings is 1. The first-order valence-corrected chi connectivity index (χ1v) is 6.50. The molecular weight excluding hydrogens is 282 g/mol. The monoisotopic (exact) mass is 293 g/mol. The molecule has 0 spiro atoms. The molecule has 0 aliphatic carbocycles. The SMILES string of the molecule is N#C/C(=C\c1ccc2c(c1)OCO2)C(=O)Nc1ccccn1. The first-order valence-electron chi connectivity index (χ1n) is 6.50. The van der Waals surface area contributed by atoms with Gasteiger partial charge < -0.3 is 14.8 Å². The average Bonchev–Trinajstić information content (AvgIpc) is 3.01. The van der Waals surface area contributed by atoms with Gasteiger partial charge in [0.2, 0.25) is 6.79 Å². The third-order valence-electron chi connectivity index (χ3n) is 2.98. The van der Waals surface area contributed by atoms with Crippen molar-refractivity contribution < 1.29 is 14.3 Å². The fourth-order valence-electron chi connectivity index (χ4n) is 1.94. The maximum atomic E-state index is 12.1. The first-order chi connectivity index (χ1) is 10.8. The molecule has 1 N–H and O–H groups in total. The van der Waals surface area contributed by atoms with E-state index in [1.54, 1.807) is 42.6 Å². The highest BCUT2D eigenvalue weighted by Crippen LogP contribution is 2.33. The van der Waals surface area contributed by atoms with Gasteiger partial charge in [0.15, 0.2) is 11.5 Å². The van der Waals surface area contributed by atoms with E-state index in [2.05, 4.69) is 10.3 Å². The second kappa shape index (κ2) is 5.97. The minimum atomic E-state index is -0.515. The summed E-state index contributed by atoms with van der Waals surface area (Å²) in [5.41, 5.74) is 0.654. The van der Waals surface area contributed by atoms with Gasteiger partial charge in [-0.3, -0.25) is 4.79 Å². The van der Waals surface area contributed by atoms with E-state index in [0.717, 1.165) is 0 Å². The Bertz CT molecular complexity index is 779. The lowest BCUT2D eigenvalue weighted by atomic mass is 10.1. The summed E-state index contributed by atoms with van der Waals surface area (Å²) in [5.74, 6) is 1.11. The molecule has 6 nitrogen and oxygen atoms in total. The number of ether oxygens (including phenoxy) is 2. The number of carbonyl (C=O) groups excluding carboxylic acids is 1. The van der Waals surface area contributed by atoms with Gasteiger partial charge in [0.1, 0.15) is 17.5 Å². The molecule has 3 rings (SSSR count).